The van der Waals surface area contributed by atoms with Crippen LogP contribution in [0, 0.1) is 5.92 Å². The molecule has 2 aliphatic rings. The number of fused-ring (bicyclic) bond motifs is 3. The maximum absolute atomic E-state index is 10.3. The number of hydrogen-bond donors (Lipinski definition) is 2. The Morgan fingerprint density at radius 1 is 1.29 bits per heavy atom. The summed E-state index contributed by atoms with van der Waals surface area (Å²) in [6, 6.07) is 8.42. The van der Waals surface area contributed by atoms with Crippen molar-refractivity contribution in [2.75, 3.05) is 7.05 Å². The van der Waals surface area contributed by atoms with E-state index in [1.165, 1.54) is 31.2 Å². The molecule has 0 bridgehead atoms. The summed E-state index contributed by atoms with van der Waals surface area (Å²) in [5.41, 5.74) is 2.60. The summed E-state index contributed by atoms with van der Waals surface area (Å²) in [7, 11) is 2.08. The van der Waals surface area contributed by atoms with E-state index < -0.39 is 0 Å². The lowest BCUT2D eigenvalue weighted by Gasteiger charge is -2.50. The van der Waals surface area contributed by atoms with Crippen LogP contribution in [0.3, 0.4) is 0 Å². The molecule has 0 heterocycles. The van der Waals surface area contributed by atoms with Crippen LogP contribution in [0.15, 0.2) is 24.3 Å². The van der Waals surface area contributed by atoms with Crippen LogP contribution in [0.1, 0.15) is 49.3 Å². The summed E-state index contributed by atoms with van der Waals surface area (Å²) in [5, 5.41) is 13.9. The monoisotopic (exact) mass is 231 g/mol. The first kappa shape index (κ1) is 11.2. The molecule has 1 aromatic carbocycles. The van der Waals surface area contributed by atoms with Crippen molar-refractivity contribution in [2.45, 2.75) is 43.7 Å². The Morgan fingerprint density at radius 2 is 2.12 bits per heavy atom. The van der Waals surface area contributed by atoms with E-state index in [9.17, 15) is 5.11 Å². The smallest absolute Gasteiger partial charge is 0.0796 e. The van der Waals surface area contributed by atoms with E-state index in [-0.39, 0.29) is 11.6 Å². The molecule has 17 heavy (non-hydrogen) atoms. The molecule has 2 nitrogen and oxygen atoms in total. The van der Waals surface area contributed by atoms with Gasteiger partial charge in [-0.2, -0.15) is 0 Å². The van der Waals surface area contributed by atoms with Crippen molar-refractivity contribution in [3.05, 3.63) is 35.4 Å². The number of benzene rings is 1. The lowest BCUT2D eigenvalue weighted by atomic mass is 9.62. The maximum Gasteiger partial charge on any atom is 0.0796 e. The Hall–Kier alpha value is -0.860. The Balaban J connectivity index is 2.14. The predicted octanol–water partition coefficient (Wildman–Crippen LogP) is 2.73. The van der Waals surface area contributed by atoms with Gasteiger partial charge in [-0.05, 0) is 43.4 Å². The summed E-state index contributed by atoms with van der Waals surface area (Å²) in [6.07, 6.45) is 5.70. The highest BCUT2D eigenvalue weighted by Gasteiger charge is 2.46. The molecule has 92 valence electrons. The predicted molar refractivity (Wildman–Crippen MR) is 68.7 cm³/mol. The number of nitrogens with one attached hydrogen (secondary N) is 1. The molecule has 0 amide bonds. The molecule has 1 fully saturated rings. The molecule has 3 rings (SSSR count). The molecule has 0 aromatic heterocycles. The SMILES string of the molecule is CN[C@]12CCCC[C@@H]1C[C@@H](O)c1ccccc12. The van der Waals surface area contributed by atoms with Crippen molar-refractivity contribution in [3.8, 4) is 0 Å². The molecule has 1 aromatic rings. The van der Waals surface area contributed by atoms with Gasteiger partial charge in [0.15, 0.2) is 0 Å². The van der Waals surface area contributed by atoms with E-state index in [0.717, 1.165) is 12.0 Å². The fourth-order valence-corrected chi connectivity index (χ4v) is 3.97. The zero-order valence-electron chi connectivity index (χ0n) is 10.4. The van der Waals surface area contributed by atoms with E-state index in [4.69, 9.17) is 0 Å². The lowest BCUT2D eigenvalue weighted by Crippen LogP contribution is -2.51. The van der Waals surface area contributed by atoms with Gasteiger partial charge in [-0.3, -0.25) is 0 Å². The number of aliphatic hydroxyl groups excluding tert-OH is 1. The molecule has 0 aliphatic heterocycles. The summed E-state index contributed by atoms with van der Waals surface area (Å²) in [6.45, 7) is 0. The Kier molecular flexibility index (Phi) is 2.72. The van der Waals surface area contributed by atoms with Gasteiger partial charge in [0.1, 0.15) is 0 Å². The maximum atomic E-state index is 10.3. The van der Waals surface area contributed by atoms with Gasteiger partial charge < -0.3 is 10.4 Å². The number of rotatable bonds is 1. The lowest BCUT2D eigenvalue weighted by molar-refractivity contribution is 0.0495. The van der Waals surface area contributed by atoms with Crippen LogP contribution >= 0.6 is 0 Å². The zero-order valence-corrected chi connectivity index (χ0v) is 10.4. The Bertz CT molecular complexity index is 417. The number of aliphatic hydroxyl groups is 1. The molecule has 0 saturated heterocycles. The van der Waals surface area contributed by atoms with Crippen molar-refractivity contribution in [1.29, 1.82) is 0 Å². The van der Waals surface area contributed by atoms with E-state index in [1.54, 1.807) is 0 Å². The van der Waals surface area contributed by atoms with Gasteiger partial charge in [-0.25, -0.2) is 0 Å². The average Bonchev–Trinajstić information content (AvgIpc) is 2.39. The summed E-state index contributed by atoms with van der Waals surface area (Å²) in [5.74, 6) is 0.589. The minimum absolute atomic E-state index is 0.119. The van der Waals surface area contributed by atoms with Crippen LogP contribution < -0.4 is 5.32 Å². The molecule has 0 spiro atoms. The van der Waals surface area contributed by atoms with Crippen LogP contribution in [-0.2, 0) is 5.54 Å². The van der Waals surface area contributed by atoms with Gasteiger partial charge in [0.2, 0.25) is 0 Å². The summed E-state index contributed by atoms with van der Waals surface area (Å²) < 4.78 is 0. The minimum Gasteiger partial charge on any atom is -0.388 e. The van der Waals surface area contributed by atoms with Gasteiger partial charge >= 0.3 is 0 Å². The summed E-state index contributed by atoms with van der Waals surface area (Å²) in [4.78, 5) is 0. The van der Waals surface area contributed by atoms with Crippen LogP contribution in [0.25, 0.3) is 0 Å². The van der Waals surface area contributed by atoms with Crippen LogP contribution in [0.5, 0.6) is 0 Å². The third-order valence-corrected chi connectivity index (χ3v) is 4.82. The molecule has 2 N–H and O–H groups in total. The Labute approximate surface area is 103 Å². The van der Waals surface area contributed by atoms with Crippen LogP contribution in [-0.4, -0.2) is 12.2 Å². The van der Waals surface area contributed by atoms with E-state index >= 15 is 0 Å². The van der Waals surface area contributed by atoms with Crippen molar-refractivity contribution in [2.24, 2.45) is 5.92 Å². The topological polar surface area (TPSA) is 32.3 Å². The van der Waals surface area contributed by atoms with Gasteiger partial charge in [-0.15, -0.1) is 0 Å². The fraction of sp³-hybridized carbons (Fsp3) is 0.600. The van der Waals surface area contributed by atoms with Crippen LogP contribution in [0.2, 0.25) is 0 Å². The van der Waals surface area contributed by atoms with E-state index in [0.29, 0.717) is 5.92 Å². The molecule has 1 saturated carbocycles. The number of hydrogen-bond acceptors (Lipinski definition) is 2. The first-order valence-corrected chi connectivity index (χ1v) is 6.74. The fourth-order valence-electron chi connectivity index (χ4n) is 3.97. The molecule has 0 unspecified atom stereocenters. The molecule has 0 radical (unpaired) electrons. The highest BCUT2D eigenvalue weighted by atomic mass is 16.3. The van der Waals surface area contributed by atoms with Gasteiger partial charge in [0.25, 0.3) is 0 Å². The molecular formula is C15H21NO. The molecule has 2 heteroatoms. The quantitative estimate of drug-likeness (QED) is 0.779. The van der Waals surface area contributed by atoms with Crippen LogP contribution in [0.4, 0.5) is 0 Å². The third-order valence-electron chi connectivity index (χ3n) is 4.82. The van der Waals surface area contributed by atoms with E-state index in [1.807, 2.05) is 6.07 Å². The van der Waals surface area contributed by atoms with Crippen molar-refractivity contribution < 1.29 is 5.11 Å². The first-order chi connectivity index (χ1) is 8.28. The minimum atomic E-state index is -0.268. The largest absolute Gasteiger partial charge is 0.388 e. The van der Waals surface area contributed by atoms with Crippen molar-refractivity contribution in [1.82, 2.24) is 5.32 Å². The third kappa shape index (κ3) is 1.54. The van der Waals surface area contributed by atoms with Gasteiger partial charge in [0.05, 0.1) is 6.10 Å². The average molecular weight is 231 g/mol. The summed E-state index contributed by atoms with van der Waals surface area (Å²) >= 11 is 0. The normalized spacial score (nSPS) is 36.1. The molecule has 3 atom stereocenters. The Morgan fingerprint density at radius 3 is 2.94 bits per heavy atom. The molecule has 2 aliphatic carbocycles. The van der Waals surface area contributed by atoms with E-state index in [2.05, 4.69) is 30.6 Å². The van der Waals surface area contributed by atoms with Crippen molar-refractivity contribution in [3.63, 3.8) is 0 Å². The highest BCUT2D eigenvalue weighted by Crippen LogP contribution is 2.50. The second-order valence-electron chi connectivity index (χ2n) is 5.50. The zero-order chi connectivity index (χ0) is 11.9. The van der Waals surface area contributed by atoms with Gasteiger partial charge in [0, 0.05) is 5.54 Å². The first-order valence-electron chi connectivity index (χ1n) is 6.74. The molecular weight excluding hydrogens is 210 g/mol. The standard InChI is InChI=1S/C15H21NO/c1-16-15-9-5-4-6-11(15)10-14(17)12-7-2-3-8-13(12)15/h2-3,7-8,11,14,16-17H,4-6,9-10H2,1H3/t11-,14-,15-/m1/s1. The second kappa shape index (κ2) is 4.11. The van der Waals surface area contributed by atoms with Crippen molar-refractivity contribution >= 4 is 0 Å². The second-order valence-corrected chi connectivity index (χ2v) is 5.50. The van der Waals surface area contributed by atoms with Gasteiger partial charge in [-0.1, -0.05) is 37.1 Å². The highest BCUT2D eigenvalue weighted by molar-refractivity contribution is 5.39.